The molecular weight excluding hydrogens is 340 g/mol. The molecule has 1 aliphatic heterocycles. The summed E-state index contributed by atoms with van der Waals surface area (Å²) >= 11 is 5.95. The van der Waals surface area contributed by atoms with Gasteiger partial charge in [0.2, 0.25) is 0 Å². The Labute approximate surface area is 150 Å². The summed E-state index contributed by atoms with van der Waals surface area (Å²) in [6.07, 6.45) is 4.36. The maximum absolute atomic E-state index is 12.3. The number of amides is 2. The number of hydrogen-bond acceptors (Lipinski definition) is 3. The zero-order chi connectivity index (χ0) is 18.0. The van der Waals surface area contributed by atoms with Gasteiger partial charge >= 0.3 is 0 Å². The SMILES string of the molecule is C=CC(CCCN1C(=O)c2ccccc2C1=O)n1cc(Cl)ccc1=O. The lowest BCUT2D eigenvalue weighted by molar-refractivity contribution is 0.0650. The molecule has 128 valence electrons. The number of pyridine rings is 1. The predicted molar refractivity (Wildman–Crippen MR) is 96.0 cm³/mol. The van der Waals surface area contributed by atoms with Crippen LogP contribution in [0.4, 0.5) is 0 Å². The Morgan fingerprint density at radius 3 is 2.28 bits per heavy atom. The molecule has 6 heteroatoms. The lowest BCUT2D eigenvalue weighted by Gasteiger charge is -2.18. The summed E-state index contributed by atoms with van der Waals surface area (Å²) in [6.45, 7) is 4.07. The van der Waals surface area contributed by atoms with Gasteiger partial charge in [-0.2, -0.15) is 0 Å². The smallest absolute Gasteiger partial charge is 0.261 e. The van der Waals surface area contributed by atoms with E-state index in [2.05, 4.69) is 6.58 Å². The van der Waals surface area contributed by atoms with Gasteiger partial charge in [-0.05, 0) is 31.0 Å². The number of fused-ring (bicyclic) bond motifs is 1. The molecule has 1 atom stereocenters. The highest BCUT2D eigenvalue weighted by Crippen LogP contribution is 2.23. The molecule has 1 aromatic carbocycles. The number of hydrogen-bond donors (Lipinski definition) is 0. The summed E-state index contributed by atoms with van der Waals surface area (Å²) in [7, 11) is 0. The topological polar surface area (TPSA) is 59.4 Å². The summed E-state index contributed by atoms with van der Waals surface area (Å²) in [5, 5.41) is 0.465. The quantitative estimate of drug-likeness (QED) is 0.589. The van der Waals surface area contributed by atoms with Gasteiger partial charge in [-0.3, -0.25) is 19.3 Å². The van der Waals surface area contributed by atoms with Crippen molar-refractivity contribution in [2.75, 3.05) is 6.54 Å². The van der Waals surface area contributed by atoms with Crippen LogP contribution in [0.3, 0.4) is 0 Å². The van der Waals surface area contributed by atoms with Crippen LogP contribution in [0.25, 0.3) is 0 Å². The van der Waals surface area contributed by atoms with Crippen LogP contribution in [-0.4, -0.2) is 27.8 Å². The van der Waals surface area contributed by atoms with E-state index in [1.54, 1.807) is 42.6 Å². The second-order valence-electron chi connectivity index (χ2n) is 5.85. The molecule has 2 heterocycles. The molecule has 2 amide bonds. The largest absolute Gasteiger partial charge is 0.307 e. The first-order valence-electron chi connectivity index (χ1n) is 7.98. The van der Waals surface area contributed by atoms with Crippen molar-refractivity contribution in [2.45, 2.75) is 18.9 Å². The Balaban J connectivity index is 1.67. The van der Waals surface area contributed by atoms with Crippen molar-refractivity contribution >= 4 is 23.4 Å². The molecule has 1 unspecified atom stereocenters. The summed E-state index contributed by atoms with van der Waals surface area (Å²) in [5.74, 6) is -0.536. The number of halogens is 1. The van der Waals surface area contributed by atoms with E-state index in [0.717, 1.165) is 0 Å². The van der Waals surface area contributed by atoms with Gasteiger partial charge in [0.15, 0.2) is 0 Å². The Kier molecular flexibility index (Phi) is 4.86. The molecule has 0 spiro atoms. The van der Waals surface area contributed by atoms with Gasteiger partial charge in [-0.1, -0.05) is 29.8 Å². The van der Waals surface area contributed by atoms with Gasteiger partial charge < -0.3 is 4.57 Å². The van der Waals surface area contributed by atoms with Crippen LogP contribution >= 0.6 is 11.6 Å². The maximum Gasteiger partial charge on any atom is 0.261 e. The van der Waals surface area contributed by atoms with E-state index in [9.17, 15) is 14.4 Å². The molecule has 0 aliphatic carbocycles. The highest BCUT2D eigenvalue weighted by molar-refractivity contribution is 6.30. The molecule has 5 nitrogen and oxygen atoms in total. The first-order valence-corrected chi connectivity index (χ1v) is 8.36. The van der Waals surface area contributed by atoms with E-state index in [1.807, 2.05) is 0 Å². The molecule has 1 aliphatic rings. The highest BCUT2D eigenvalue weighted by atomic mass is 35.5. The Morgan fingerprint density at radius 2 is 1.68 bits per heavy atom. The van der Waals surface area contributed by atoms with Gasteiger partial charge in [-0.15, -0.1) is 6.58 Å². The fourth-order valence-corrected chi connectivity index (χ4v) is 3.18. The van der Waals surface area contributed by atoms with E-state index < -0.39 is 0 Å². The highest BCUT2D eigenvalue weighted by Gasteiger charge is 2.34. The predicted octanol–water partition coefficient (Wildman–Crippen LogP) is 3.31. The van der Waals surface area contributed by atoms with Crippen LogP contribution in [0.5, 0.6) is 0 Å². The molecule has 0 saturated carbocycles. The van der Waals surface area contributed by atoms with E-state index in [0.29, 0.717) is 35.5 Å². The molecule has 2 aromatic rings. The molecule has 0 N–H and O–H groups in total. The van der Waals surface area contributed by atoms with Crippen LogP contribution in [0, 0.1) is 0 Å². The summed E-state index contributed by atoms with van der Waals surface area (Å²) < 4.78 is 1.51. The van der Waals surface area contributed by atoms with Crippen molar-refractivity contribution < 1.29 is 9.59 Å². The first-order chi connectivity index (χ1) is 12.0. The minimum atomic E-state index is -0.268. The molecule has 0 fully saturated rings. The Morgan fingerprint density at radius 1 is 1.04 bits per heavy atom. The molecule has 0 radical (unpaired) electrons. The van der Waals surface area contributed by atoms with Crippen LogP contribution in [-0.2, 0) is 0 Å². The lowest BCUT2D eigenvalue weighted by Crippen LogP contribution is -2.31. The molecule has 0 bridgehead atoms. The fourth-order valence-electron chi connectivity index (χ4n) is 3.01. The van der Waals surface area contributed by atoms with Gasteiger partial charge in [-0.25, -0.2) is 0 Å². The fraction of sp³-hybridized carbons (Fsp3) is 0.211. The van der Waals surface area contributed by atoms with Crippen molar-refractivity contribution in [1.82, 2.24) is 9.47 Å². The van der Waals surface area contributed by atoms with Crippen molar-refractivity contribution in [3.63, 3.8) is 0 Å². The third-order valence-corrected chi connectivity index (χ3v) is 4.51. The summed E-state index contributed by atoms with van der Waals surface area (Å²) in [5.41, 5.74) is 0.715. The zero-order valence-corrected chi connectivity index (χ0v) is 14.3. The molecule has 1 aromatic heterocycles. The minimum Gasteiger partial charge on any atom is -0.307 e. The number of nitrogens with zero attached hydrogens (tertiary/aromatic N) is 2. The normalized spacial score (nSPS) is 14.5. The van der Waals surface area contributed by atoms with Gasteiger partial charge in [0, 0.05) is 18.8 Å². The average molecular weight is 357 g/mol. The second-order valence-corrected chi connectivity index (χ2v) is 6.28. The van der Waals surface area contributed by atoms with Crippen LogP contribution in [0.1, 0.15) is 39.6 Å². The van der Waals surface area contributed by atoms with Crippen LogP contribution < -0.4 is 5.56 Å². The lowest BCUT2D eigenvalue weighted by atomic mass is 10.1. The number of imide groups is 1. The Hall–Kier alpha value is -2.66. The number of allylic oxidation sites excluding steroid dienone is 1. The molecule has 0 saturated heterocycles. The van der Waals surface area contributed by atoms with Crippen LogP contribution in [0.15, 0.2) is 60.0 Å². The van der Waals surface area contributed by atoms with Gasteiger partial charge in [0.25, 0.3) is 17.4 Å². The van der Waals surface area contributed by atoms with Crippen molar-refractivity contribution in [1.29, 1.82) is 0 Å². The maximum atomic E-state index is 12.3. The van der Waals surface area contributed by atoms with E-state index >= 15 is 0 Å². The number of aromatic nitrogens is 1. The first kappa shape index (κ1) is 17.2. The second kappa shape index (κ2) is 7.07. The van der Waals surface area contributed by atoms with Gasteiger partial charge in [0.05, 0.1) is 22.2 Å². The monoisotopic (exact) mass is 356 g/mol. The minimum absolute atomic E-state index is 0.171. The molecular formula is C19H17ClN2O3. The Bertz CT molecular complexity index is 869. The third-order valence-electron chi connectivity index (χ3n) is 4.29. The van der Waals surface area contributed by atoms with Crippen LogP contribution in [0.2, 0.25) is 5.02 Å². The van der Waals surface area contributed by atoms with E-state index in [1.165, 1.54) is 15.5 Å². The number of carbonyl (C=O) groups excluding carboxylic acids is 2. The van der Waals surface area contributed by atoms with Crippen molar-refractivity contribution in [3.8, 4) is 0 Å². The molecule has 25 heavy (non-hydrogen) atoms. The number of benzene rings is 1. The third kappa shape index (κ3) is 3.28. The summed E-state index contributed by atoms with van der Waals surface area (Å²) in [4.78, 5) is 37.9. The standard InChI is InChI=1S/C19H17ClN2O3/c1-2-14(22-12-13(20)9-10-17(22)23)6-5-11-21-18(24)15-7-3-4-8-16(15)19(21)25/h2-4,7-10,12,14H,1,5-6,11H2. The van der Waals surface area contributed by atoms with E-state index in [-0.39, 0.29) is 23.4 Å². The van der Waals surface area contributed by atoms with Crippen molar-refractivity contribution in [3.05, 3.63) is 81.8 Å². The number of carbonyl (C=O) groups is 2. The van der Waals surface area contributed by atoms with Crippen molar-refractivity contribution in [2.24, 2.45) is 0 Å². The van der Waals surface area contributed by atoms with Gasteiger partial charge in [0.1, 0.15) is 0 Å². The summed E-state index contributed by atoms with van der Waals surface area (Å²) in [6, 6.07) is 9.50. The average Bonchev–Trinajstić information content (AvgIpc) is 2.86. The zero-order valence-electron chi connectivity index (χ0n) is 13.5. The molecule has 3 rings (SSSR count). The number of rotatable bonds is 6. The van der Waals surface area contributed by atoms with E-state index in [4.69, 9.17) is 11.6 Å².